The van der Waals surface area contributed by atoms with Crippen LogP contribution in [-0.2, 0) is 16.0 Å². The predicted octanol–water partition coefficient (Wildman–Crippen LogP) is 3.36. The van der Waals surface area contributed by atoms with E-state index in [1.807, 2.05) is 42.2 Å². The number of ketones is 1. The fraction of sp³-hybridized carbons (Fsp3) is 0.400. The Morgan fingerprint density at radius 1 is 1.13 bits per heavy atom. The van der Waals surface area contributed by atoms with Gasteiger partial charge in [0, 0.05) is 25.9 Å². The first-order valence-corrected chi connectivity index (χ1v) is 11.0. The number of nitrogens with two attached hydrogens (primary N) is 1. The summed E-state index contributed by atoms with van der Waals surface area (Å²) in [6, 6.07) is 17.8. The van der Waals surface area contributed by atoms with Crippen molar-refractivity contribution in [1.29, 1.82) is 5.41 Å². The lowest BCUT2D eigenvalue weighted by molar-refractivity contribution is -0.128. The molecule has 2 aromatic rings. The number of hydrogen-bond acceptors (Lipinski definition) is 3. The van der Waals surface area contributed by atoms with Crippen LogP contribution in [0.2, 0.25) is 0 Å². The van der Waals surface area contributed by atoms with E-state index in [1.54, 1.807) is 0 Å². The molecule has 1 fully saturated rings. The molecule has 31 heavy (non-hydrogen) atoms. The van der Waals surface area contributed by atoms with E-state index in [-0.39, 0.29) is 23.6 Å². The lowest BCUT2D eigenvalue weighted by atomic mass is 9.93. The second kappa shape index (κ2) is 10.8. The molecule has 0 radical (unpaired) electrons. The summed E-state index contributed by atoms with van der Waals surface area (Å²) in [6.45, 7) is 3.21. The number of hydrogen-bond donors (Lipinski definition) is 3. The molecule has 0 unspecified atom stereocenters. The molecule has 164 valence electrons. The van der Waals surface area contributed by atoms with Crippen molar-refractivity contribution < 1.29 is 9.59 Å². The third-order valence-corrected chi connectivity index (χ3v) is 5.91. The maximum atomic E-state index is 12.7. The summed E-state index contributed by atoms with van der Waals surface area (Å²) < 4.78 is 0. The van der Waals surface area contributed by atoms with E-state index in [0.717, 1.165) is 36.1 Å². The minimum atomic E-state index is -0.521. The summed E-state index contributed by atoms with van der Waals surface area (Å²) in [6.07, 6.45) is 3.07. The molecule has 1 aliphatic heterocycles. The molecular weight excluding hydrogens is 388 g/mol. The standard InChI is InChI=1S/C25H32N4O2/c1-2-23(30)22(28-24(31)16-19-7-6-14-29(17-19)25(26)27)15-18-10-12-21(13-11-18)20-8-4-3-5-9-20/h3-5,8-13,19,22H,2,6-7,14-17H2,1H3,(H3,26,27)(H,28,31)/t19-,22+/m1/s1. The van der Waals surface area contributed by atoms with Crippen molar-refractivity contribution in [2.45, 2.75) is 45.1 Å². The first-order valence-electron chi connectivity index (χ1n) is 11.0. The van der Waals surface area contributed by atoms with Crippen LogP contribution < -0.4 is 11.1 Å². The average molecular weight is 421 g/mol. The van der Waals surface area contributed by atoms with Crippen molar-refractivity contribution in [1.82, 2.24) is 10.2 Å². The Kier molecular flexibility index (Phi) is 7.82. The molecule has 1 saturated heterocycles. The van der Waals surface area contributed by atoms with E-state index in [1.165, 1.54) is 0 Å². The number of guanidine groups is 1. The molecule has 6 nitrogen and oxygen atoms in total. The van der Waals surface area contributed by atoms with Gasteiger partial charge in [-0.3, -0.25) is 15.0 Å². The molecule has 0 bridgehead atoms. The average Bonchev–Trinajstić information content (AvgIpc) is 2.79. The minimum Gasteiger partial charge on any atom is -0.370 e. The van der Waals surface area contributed by atoms with Gasteiger partial charge >= 0.3 is 0 Å². The van der Waals surface area contributed by atoms with Gasteiger partial charge in [-0.05, 0) is 41.9 Å². The number of piperidine rings is 1. The number of nitrogens with zero attached hydrogens (tertiary/aromatic N) is 1. The van der Waals surface area contributed by atoms with E-state index in [9.17, 15) is 9.59 Å². The van der Waals surface area contributed by atoms with Gasteiger partial charge in [0.25, 0.3) is 0 Å². The van der Waals surface area contributed by atoms with Crippen LogP contribution >= 0.6 is 0 Å². The van der Waals surface area contributed by atoms with Crippen LogP contribution in [0.4, 0.5) is 0 Å². The Morgan fingerprint density at radius 2 is 1.81 bits per heavy atom. The molecule has 2 aromatic carbocycles. The maximum absolute atomic E-state index is 12.7. The summed E-state index contributed by atoms with van der Waals surface area (Å²) >= 11 is 0. The van der Waals surface area contributed by atoms with Crippen molar-refractivity contribution in [3.05, 3.63) is 60.2 Å². The number of carbonyl (C=O) groups is 2. The van der Waals surface area contributed by atoms with Gasteiger partial charge in [-0.2, -0.15) is 0 Å². The van der Waals surface area contributed by atoms with Gasteiger partial charge in [-0.25, -0.2) is 0 Å². The summed E-state index contributed by atoms with van der Waals surface area (Å²) in [5, 5.41) is 10.6. The zero-order valence-electron chi connectivity index (χ0n) is 18.1. The molecule has 2 atom stereocenters. The topological polar surface area (TPSA) is 99.3 Å². The molecule has 0 aliphatic carbocycles. The van der Waals surface area contributed by atoms with Gasteiger partial charge in [-0.15, -0.1) is 0 Å². The number of benzene rings is 2. The molecule has 0 aromatic heterocycles. The number of likely N-dealkylation sites (tertiary alicyclic amines) is 1. The van der Waals surface area contributed by atoms with Crippen LogP contribution in [0.15, 0.2) is 54.6 Å². The maximum Gasteiger partial charge on any atom is 0.220 e. The van der Waals surface area contributed by atoms with E-state index in [0.29, 0.717) is 25.8 Å². The van der Waals surface area contributed by atoms with Gasteiger partial charge in [0.2, 0.25) is 5.91 Å². The van der Waals surface area contributed by atoms with Crippen molar-refractivity contribution in [3.8, 4) is 11.1 Å². The van der Waals surface area contributed by atoms with Crippen LogP contribution in [-0.4, -0.2) is 41.7 Å². The molecule has 1 amide bonds. The summed E-state index contributed by atoms with van der Waals surface area (Å²) in [5.41, 5.74) is 8.89. The molecule has 3 rings (SSSR count). The highest BCUT2D eigenvalue weighted by molar-refractivity contribution is 5.89. The second-order valence-electron chi connectivity index (χ2n) is 8.25. The third kappa shape index (κ3) is 6.41. The van der Waals surface area contributed by atoms with E-state index in [4.69, 9.17) is 11.1 Å². The Labute approximate surface area is 184 Å². The number of rotatable bonds is 8. The largest absolute Gasteiger partial charge is 0.370 e. The Bertz CT molecular complexity index is 895. The molecule has 6 heteroatoms. The molecule has 4 N–H and O–H groups in total. The first kappa shape index (κ1) is 22.5. The minimum absolute atomic E-state index is 0.0366. The highest BCUT2D eigenvalue weighted by atomic mass is 16.2. The van der Waals surface area contributed by atoms with Crippen molar-refractivity contribution in [2.75, 3.05) is 13.1 Å². The molecule has 0 spiro atoms. The molecular formula is C25H32N4O2. The third-order valence-electron chi connectivity index (χ3n) is 5.91. The Hall–Kier alpha value is -3.15. The fourth-order valence-electron chi connectivity index (χ4n) is 4.16. The molecule has 1 aliphatic rings. The van der Waals surface area contributed by atoms with Crippen molar-refractivity contribution >= 4 is 17.6 Å². The van der Waals surface area contributed by atoms with Crippen molar-refractivity contribution in [2.24, 2.45) is 11.7 Å². The van der Waals surface area contributed by atoms with Gasteiger partial charge in [0.1, 0.15) is 0 Å². The van der Waals surface area contributed by atoms with Gasteiger partial charge in [0.05, 0.1) is 6.04 Å². The van der Waals surface area contributed by atoms with Crippen LogP contribution in [0.5, 0.6) is 0 Å². The monoisotopic (exact) mass is 420 g/mol. The van der Waals surface area contributed by atoms with Gasteiger partial charge in [0.15, 0.2) is 11.7 Å². The predicted molar refractivity (Wildman–Crippen MR) is 124 cm³/mol. The summed E-state index contributed by atoms with van der Waals surface area (Å²) in [7, 11) is 0. The normalized spacial score (nSPS) is 17.1. The van der Waals surface area contributed by atoms with Crippen molar-refractivity contribution in [3.63, 3.8) is 0 Å². The zero-order chi connectivity index (χ0) is 22.2. The second-order valence-corrected chi connectivity index (χ2v) is 8.25. The number of Topliss-reactive ketones (excluding diaryl/α,β-unsaturated/α-hetero) is 1. The number of carbonyl (C=O) groups excluding carboxylic acids is 2. The van der Waals surface area contributed by atoms with E-state index >= 15 is 0 Å². The SMILES string of the molecule is CCC(=O)[C@H](Cc1ccc(-c2ccccc2)cc1)NC(=O)C[C@H]1CCCN(C(=N)N)C1. The Balaban J connectivity index is 1.60. The number of nitrogens with one attached hydrogen (secondary N) is 2. The molecule has 0 saturated carbocycles. The number of amides is 1. The Morgan fingerprint density at radius 3 is 2.45 bits per heavy atom. The highest BCUT2D eigenvalue weighted by Gasteiger charge is 2.25. The molecule has 1 heterocycles. The van der Waals surface area contributed by atoms with Crippen LogP contribution in [0.1, 0.15) is 38.2 Å². The van der Waals surface area contributed by atoms with Gasteiger partial charge < -0.3 is 16.0 Å². The summed E-state index contributed by atoms with van der Waals surface area (Å²) in [4.78, 5) is 27.0. The van der Waals surface area contributed by atoms with Crippen LogP contribution in [0.3, 0.4) is 0 Å². The van der Waals surface area contributed by atoms with E-state index < -0.39 is 6.04 Å². The highest BCUT2D eigenvalue weighted by Crippen LogP contribution is 2.21. The van der Waals surface area contributed by atoms with Crippen LogP contribution in [0.25, 0.3) is 11.1 Å². The summed E-state index contributed by atoms with van der Waals surface area (Å²) in [5.74, 6) is 0.140. The lowest BCUT2D eigenvalue weighted by Gasteiger charge is -2.32. The quantitative estimate of drug-likeness (QED) is 0.450. The first-order chi connectivity index (χ1) is 15.0. The van der Waals surface area contributed by atoms with Crippen LogP contribution in [0, 0.1) is 11.3 Å². The lowest BCUT2D eigenvalue weighted by Crippen LogP contribution is -2.46. The van der Waals surface area contributed by atoms with Gasteiger partial charge in [-0.1, -0.05) is 61.5 Å². The zero-order valence-corrected chi connectivity index (χ0v) is 18.1. The fourth-order valence-corrected chi connectivity index (χ4v) is 4.16. The van der Waals surface area contributed by atoms with E-state index in [2.05, 4.69) is 29.6 Å². The smallest absolute Gasteiger partial charge is 0.220 e.